The summed E-state index contributed by atoms with van der Waals surface area (Å²) in [5.74, 6) is 0.122. The number of amides is 2. The first-order chi connectivity index (χ1) is 15.5. The highest BCUT2D eigenvalue weighted by atomic mass is 16.5. The van der Waals surface area contributed by atoms with Crippen LogP contribution in [0.15, 0.2) is 60.9 Å². The molecule has 32 heavy (non-hydrogen) atoms. The molecule has 0 saturated heterocycles. The number of ether oxygens (including phenoxy) is 2. The zero-order valence-corrected chi connectivity index (χ0v) is 18.0. The number of hydrogen-bond donors (Lipinski definition) is 1. The smallest absolute Gasteiger partial charge is 0.272 e. The van der Waals surface area contributed by atoms with E-state index in [-0.39, 0.29) is 18.2 Å². The van der Waals surface area contributed by atoms with Crippen LogP contribution in [-0.2, 0) is 16.1 Å². The van der Waals surface area contributed by atoms with E-state index in [1.807, 2.05) is 31.2 Å². The van der Waals surface area contributed by atoms with Gasteiger partial charge >= 0.3 is 0 Å². The molecule has 9 nitrogen and oxygen atoms in total. The summed E-state index contributed by atoms with van der Waals surface area (Å²) in [6.45, 7) is 7.00. The highest BCUT2D eigenvalue weighted by Gasteiger charge is 2.33. The molecule has 4 heterocycles. The molecule has 2 aliphatic heterocycles. The van der Waals surface area contributed by atoms with Crippen molar-refractivity contribution in [3.8, 4) is 5.75 Å². The van der Waals surface area contributed by atoms with Crippen molar-refractivity contribution in [1.82, 2.24) is 20.1 Å². The minimum absolute atomic E-state index is 0.000540. The van der Waals surface area contributed by atoms with Crippen LogP contribution in [0.2, 0.25) is 0 Å². The number of carbonyl (C=O) groups excluding carboxylic acids is 2. The largest absolute Gasteiger partial charge is 0.487 e. The molecular weight excluding hydrogens is 410 g/mol. The van der Waals surface area contributed by atoms with Crippen LogP contribution in [0.4, 0.5) is 5.82 Å². The number of pyridine rings is 1. The lowest BCUT2D eigenvalue weighted by atomic mass is 10.1. The Kier molecular flexibility index (Phi) is 6.18. The normalized spacial score (nSPS) is 20.6. The number of rotatable bonds is 5. The Morgan fingerprint density at radius 1 is 1.38 bits per heavy atom. The minimum Gasteiger partial charge on any atom is -0.487 e. The molecule has 0 bridgehead atoms. The number of anilines is 1. The number of likely N-dealkylation sites (N-methyl/N-ethyl adjacent to an activating group) is 1. The Hall–Kier alpha value is -3.72. The molecule has 2 atom stereocenters. The van der Waals surface area contributed by atoms with E-state index < -0.39 is 18.1 Å². The Labute approximate surface area is 186 Å². The second-order valence-corrected chi connectivity index (χ2v) is 7.45. The second kappa shape index (κ2) is 9.19. The van der Waals surface area contributed by atoms with E-state index in [1.54, 1.807) is 36.1 Å². The minimum atomic E-state index is -0.869. The van der Waals surface area contributed by atoms with Crippen molar-refractivity contribution < 1.29 is 19.1 Å². The van der Waals surface area contributed by atoms with E-state index >= 15 is 0 Å². The Morgan fingerprint density at radius 3 is 3.03 bits per heavy atom. The fraction of sp³-hybridized carbons (Fsp3) is 0.304. The zero-order chi connectivity index (χ0) is 22.7. The fourth-order valence-corrected chi connectivity index (χ4v) is 3.61. The summed E-state index contributed by atoms with van der Waals surface area (Å²) in [6.07, 6.45) is 8.77. The average Bonchev–Trinajstić information content (AvgIpc) is 3.21. The lowest BCUT2D eigenvalue weighted by Crippen LogP contribution is -2.49. The van der Waals surface area contributed by atoms with Crippen LogP contribution in [0, 0.1) is 0 Å². The molecule has 0 fully saturated rings. The highest BCUT2D eigenvalue weighted by molar-refractivity contribution is 6.02. The van der Waals surface area contributed by atoms with Crippen LogP contribution < -0.4 is 15.0 Å². The van der Waals surface area contributed by atoms with Crippen molar-refractivity contribution in [2.24, 2.45) is 0 Å². The average molecular weight is 435 g/mol. The molecule has 0 aliphatic carbocycles. The molecule has 0 radical (unpaired) electrons. The van der Waals surface area contributed by atoms with Crippen molar-refractivity contribution in [3.05, 3.63) is 72.2 Å². The number of aromatic nitrogens is 3. The third-order valence-corrected chi connectivity index (χ3v) is 5.26. The van der Waals surface area contributed by atoms with Crippen molar-refractivity contribution in [3.63, 3.8) is 0 Å². The number of hydrogen-bond acceptors (Lipinski definition) is 6. The summed E-state index contributed by atoms with van der Waals surface area (Å²) in [5, 5.41) is 7.16. The van der Waals surface area contributed by atoms with Crippen molar-refractivity contribution in [2.45, 2.75) is 25.6 Å². The molecule has 0 saturated carbocycles. The molecule has 166 valence electrons. The van der Waals surface area contributed by atoms with E-state index in [0.29, 0.717) is 24.7 Å². The molecule has 0 spiro atoms. The lowest BCUT2D eigenvalue weighted by molar-refractivity contribution is -0.120. The number of fused-ring (bicyclic) bond motifs is 2. The van der Waals surface area contributed by atoms with Crippen molar-refractivity contribution in [2.75, 3.05) is 25.2 Å². The number of carbonyl (C=O) groups is 2. The monoisotopic (exact) mass is 435 g/mol. The lowest BCUT2D eigenvalue weighted by Gasteiger charge is -2.24. The SMILES string of the molecule is C=C(/C=C\C=C/C)[C@@H]1OCCn2nc(C(=O)N[C@H]3COc4cccnc4N(C)C3=O)cc21. The first-order valence-electron chi connectivity index (χ1n) is 10.3. The predicted molar refractivity (Wildman–Crippen MR) is 118 cm³/mol. The molecule has 0 aromatic carbocycles. The fourth-order valence-electron chi connectivity index (χ4n) is 3.61. The van der Waals surface area contributed by atoms with Gasteiger partial charge in [0.15, 0.2) is 17.3 Å². The zero-order valence-electron chi connectivity index (χ0n) is 18.0. The van der Waals surface area contributed by atoms with Gasteiger partial charge in [0.1, 0.15) is 18.8 Å². The molecule has 9 heteroatoms. The van der Waals surface area contributed by atoms with Gasteiger partial charge in [0.2, 0.25) is 0 Å². The van der Waals surface area contributed by atoms with E-state index in [9.17, 15) is 9.59 Å². The topological polar surface area (TPSA) is 98.6 Å². The molecule has 2 amide bonds. The van der Waals surface area contributed by atoms with E-state index in [1.165, 1.54) is 4.90 Å². The molecule has 1 N–H and O–H groups in total. The first kappa shape index (κ1) is 21.5. The summed E-state index contributed by atoms with van der Waals surface area (Å²) in [6, 6.07) is 4.27. The van der Waals surface area contributed by atoms with E-state index in [0.717, 1.165) is 11.3 Å². The highest BCUT2D eigenvalue weighted by Crippen LogP contribution is 2.30. The maximum atomic E-state index is 12.9. The number of allylic oxidation sites excluding steroid dienone is 3. The maximum absolute atomic E-state index is 12.9. The predicted octanol–water partition coefficient (Wildman–Crippen LogP) is 2.19. The van der Waals surface area contributed by atoms with Gasteiger partial charge in [-0.25, -0.2) is 4.98 Å². The summed E-state index contributed by atoms with van der Waals surface area (Å²) in [7, 11) is 1.60. The van der Waals surface area contributed by atoms with Crippen LogP contribution in [0.5, 0.6) is 5.75 Å². The Balaban J connectivity index is 1.50. The quantitative estimate of drug-likeness (QED) is 0.723. The van der Waals surface area contributed by atoms with Gasteiger partial charge < -0.3 is 14.8 Å². The van der Waals surface area contributed by atoms with Gasteiger partial charge in [-0.15, -0.1) is 0 Å². The molecule has 2 aromatic heterocycles. The Bertz CT molecular complexity index is 1100. The van der Waals surface area contributed by atoms with E-state index in [2.05, 4.69) is 22.0 Å². The van der Waals surface area contributed by atoms with Gasteiger partial charge in [0.05, 0.1) is 18.8 Å². The van der Waals surface area contributed by atoms with Gasteiger partial charge in [-0.1, -0.05) is 30.9 Å². The van der Waals surface area contributed by atoms with Crippen molar-refractivity contribution >= 4 is 17.6 Å². The molecule has 0 unspecified atom stereocenters. The van der Waals surface area contributed by atoms with Gasteiger partial charge in [-0.2, -0.15) is 5.10 Å². The molecule has 2 aliphatic rings. The third kappa shape index (κ3) is 4.19. The number of nitrogens with zero attached hydrogens (tertiary/aromatic N) is 4. The Morgan fingerprint density at radius 2 is 2.22 bits per heavy atom. The van der Waals surface area contributed by atoms with Crippen molar-refractivity contribution in [1.29, 1.82) is 0 Å². The van der Waals surface area contributed by atoms with Crippen LogP contribution in [0.3, 0.4) is 0 Å². The van der Waals surface area contributed by atoms with Crippen LogP contribution >= 0.6 is 0 Å². The van der Waals surface area contributed by atoms with Gasteiger partial charge in [0.25, 0.3) is 11.8 Å². The molecule has 2 aromatic rings. The van der Waals surface area contributed by atoms with Crippen LogP contribution in [0.1, 0.15) is 29.2 Å². The summed E-state index contributed by atoms with van der Waals surface area (Å²) < 4.78 is 13.3. The summed E-state index contributed by atoms with van der Waals surface area (Å²) in [4.78, 5) is 31.4. The van der Waals surface area contributed by atoms with Crippen LogP contribution in [-0.4, -0.2) is 52.9 Å². The summed E-state index contributed by atoms with van der Waals surface area (Å²) >= 11 is 0. The second-order valence-electron chi connectivity index (χ2n) is 7.45. The standard InChI is InChI=1S/C23H25N5O4/c1-4-5-6-8-15(2)20-18-13-16(26-28(18)11-12-31-20)22(29)25-17-14-32-19-9-7-10-24-21(19)27(3)23(17)30/h4-10,13,17,20H,2,11-12,14H2,1,3H3,(H,25,29)/b5-4-,8-6-/t17-,20-/m0/s1. The maximum Gasteiger partial charge on any atom is 0.272 e. The first-order valence-corrected chi connectivity index (χ1v) is 10.3. The molecule has 4 rings (SSSR count). The van der Waals surface area contributed by atoms with E-state index in [4.69, 9.17) is 9.47 Å². The van der Waals surface area contributed by atoms with Gasteiger partial charge in [-0.3, -0.25) is 19.2 Å². The van der Waals surface area contributed by atoms with Crippen LogP contribution in [0.25, 0.3) is 0 Å². The van der Waals surface area contributed by atoms with Gasteiger partial charge in [0, 0.05) is 13.2 Å². The summed E-state index contributed by atoms with van der Waals surface area (Å²) in [5.41, 5.74) is 1.71. The van der Waals surface area contributed by atoms with Gasteiger partial charge in [-0.05, 0) is 30.7 Å². The third-order valence-electron chi connectivity index (χ3n) is 5.26. The molecular formula is C23H25N5O4. The number of nitrogens with one attached hydrogen (secondary N) is 1.